The van der Waals surface area contributed by atoms with Gasteiger partial charge in [-0.05, 0) is 25.0 Å². The molecule has 2 aromatic rings. The molecule has 0 unspecified atom stereocenters. The van der Waals surface area contributed by atoms with Gasteiger partial charge in [0.2, 0.25) is 5.91 Å². The van der Waals surface area contributed by atoms with Crippen LogP contribution >= 0.6 is 11.3 Å². The first kappa shape index (κ1) is 13.3. The van der Waals surface area contributed by atoms with Gasteiger partial charge < -0.3 is 14.6 Å². The first-order chi connectivity index (χ1) is 9.72. The largest absolute Gasteiger partial charge is 0.378 e. The number of hydrogen-bond donors (Lipinski definition) is 1. The van der Waals surface area contributed by atoms with Gasteiger partial charge in [0.1, 0.15) is 0 Å². The molecule has 0 saturated carbocycles. The number of ether oxygens (including phenoxy) is 1. The summed E-state index contributed by atoms with van der Waals surface area (Å²) in [6.45, 7) is 0.771. The number of thiazole rings is 1. The van der Waals surface area contributed by atoms with Gasteiger partial charge >= 0.3 is 0 Å². The topological polar surface area (TPSA) is 56.2 Å². The molecule has 0 aromatic carbocycles. The van der Waals surface area contributed by atoms with E-state index in [1.807, 2.05) is 35.3 Å². The molecule has 1 aliphatic heterocycles. The van der Waals surface area contributed by atoms with E-state index in [1.54, 1.807) is 0 Å². The van der Waals surface area contributed by atoms with E-state index < -0.39 is 0 Å². The van der Waals surface area contributed by atoms with E-state index >= 15 is 0 Å². The second-order valence-corrected chi connectivity index (χ2v) is 5.79. The van der Waals surface area contributed by atoms with Crippen LogP contribution in [0.5, 0.6) is 0 Å². The van der Waals surface area contributed by atoms with Crippen molar-refractivity contribution in [1.82, 2.24) is 9.55 Å². The van der Waals surface area contributed by atoms with Crippen molar-refractivity contribution in [3.63, 3.8) is 0 Å². The highest BCUT2D eigenvalue weighted by Gasteiger charge is 2.19. The van der Waals surface area contributed by atoms with Crippen LogP contribution in [0.3, 0.4) is 0 Å². The van der Waals surface area contributed by atoms with Crippen LogP contribution in [0.2, 0.25) is 0 Å². The Labute approximate surface area is 121 Å². The van der Waals surface area contributed by atoms with E-state index in [0.717, 1.165) is 30.8 Å². The van der Waals surface area contributed by atoms with Crippen molar-refractivity contribution in [2.45, 2.75) is 25.4 Å². The molecule has 1 saturated heterocycles. The maximum absolute atomic E-state index is 11.9. The molecule has 1 amide bonds. The number of aromatic nitrogens is 2. The number of amides is 1. The molecule has 20 heavy (non-hydrogen) atoms. The monoisotopic (exact) mass is 291 g/mol. The molecular weight excluding hydrogens is 274 g/mol. The highest BCUT2D eigenvalue weighted by molar-refractivity contribution is 7.14. The van der Waals surface area contributed by atoms with Crippen molar-refractivity contribution in [2.75, 3.05) is 11.9 Å². The molecule has 5 nitrogen and oxygen atoms in total. The first-order valence-corrected chi connectivity index (χ1v) is 7.59. The molecule has 0 aliphatic carbocycles. The molecule has 1 N–H and O–H groups in total. The summed E-state index contributed by atoms with van der Waals surface area (Å²) < 4.78 is 7.47. The summed E-state index contributed by atoms with van der Waals surface area (Å²) in [4.78, 5) is 16.4. The Balaban J connectivity index is 1.62. The summed E-state index contributed by atoms with van der Waals surface area (Å²) in [5, 5.41) is 5.45. The van der Waals surface area contributed by atoms with E-state index in [2.05, 4.69) is 10.3 Å². The van der Waals surface area contributed by atoms with E-state index in [4.69, 9.17) is 4.74 Å². The molecule has 6 heteroatoms. The van der Waals surface area contributed by atoms with Gasteiger partial charge in [0.15, 0.2) is 5.13 Å². The predicted molar refractivity (Wildman–Crippen MR) is 78.7 cm³/mol. The minimum Gasteiger partial charge on any atom is -0.378 e. The van der Waals surface area contributed by atoms with Crippen molar-refractivity contribution >= 4 is 22.4 Å². The third kappa shape index (κ3) is 2.91. The third-order valence-corrected chi connectivity index (χ3v) is 4.15. The normalized spacial score (nSPS) is 18.4. The Kier molecular flexibility index (Phi) is 3.84. The lowest BCUT2D eigenvalue weighted by atomic mass is 10.2. The fourth-order valence-corrected chi connectivity index (χ4v) is 3.08. The van der Waals surface area contributed by atoms with Crippen molar-refractivity contribution in [3.8, 4) is 11.4 Å². The summed E-state index contributed by atoms with van der Waals surface area (Å²) in [5.41, 5.74) is 1.93. The van der Waals surface area contributed by atoms with Crippen molar-refractivity contribution in [2.24, 2.45) is 7.05 Å². The van der Waals surface area contributed by atoms with Crippen molar-refractivity contribution in [3.05, 3.63) is 23.7 Å². The molecule has 1 aliphatic rings. The Bertz CT molecular complexity index is 599. The van der Waals surface area contributed by atoms with Gasteiger partial charge in [-0.3, -0.25) is 4.79 Å². The molecule has 0 radical (unpaired) electrons. The highest BCUT2D eigenvalue weighted by atomic mass is 32.1. The van der Waals surface area contributed by atoms with E-state index in [-0.39, 0.29) is 12.0 Å². The maximum atomic E-state index is 11.9. The molecule has 0 spiro atoms. The second-order valence-electron chi connectivity index (χ2n) is 4.93. The smallest absolute Gasteiger partial charge is 0.228 e. The number of carbonyl (C=O) groups excluding carboxylic acids is 1. The molecular formula is C14H17N3O2S. The van der Waals surface area contributed by atoms with Crippen LogP contribution in [0, 0.1) is 0 Å². The van der Waals surface area contributed by atoms with Crippen LogP contribution < -0.4 is 5.32 Å². The van der Waals surface area contributed by atoms with E-state index in [0.29, 0.717) is 11.6 Å². The minimum atomic E-state index is -0.0234. The van der Waals surface area contributed by atoms with Crippen LogP contribution in [0.4, 0.5) is 5.13 Å². The number of hydrogen-bond acceptors (Lipinski definition) is 4. The molecule has 1 atom stereocenters. The SMILES string of the molecule is Cn1cccc1-c1csc(NC(=O)C[C@H]2CCCO2)n1. The zero-order chi connectivity index (χ0) is 13.9. The predicted octanol–water partition coefficient (Wildman–Crippen LogP) is 2.66. The molecule has 1 fully saturated rings. The minimum absolute atomic E-state index is 0.0234. The van der Waals surface area contributed by atoms with Crippen LogP contribution in [0.1, 0.15) is 19.3 Å². The lowest BCUT2D eigenvalue weighted by Gasteiger charge is -2.07. The van der Waals surface area contributed by atoms with Gasteiger partial charge in [0, 0.05) is 25.2 Å². The van der Waals surface area contributed by atoms with Gasteiger partial charge in [0.25, 0.3) is 0 Å². The quantitative estimate of drug-likeness (QED) is 0.942. The lowest BCUT2D eigenvalue weighted by Crippen LogP contribution is -2.19. The number of nitrogens with zero attached hydrogens (tertiary/aromatic N) is 2. The standard InChI is InChI=1S/C14H17N3O2S/c1-17-6-2-5-12(17)11-9-20-14(15-11)16-13(18)8-10-4-3-7-19-10/h2,5-6,9-10H,3-4,7-8H2,1H3,(H,15,16,18)/t10-/m1/s1. The van der Waals surface area contributed by atoms with Crippen LogP contribution in [0.15, 0.2) is 23.7 Å². The fourth-order valence-electron chi connectivity index (χ4n) is 2.36. The number of anilines is 1. The Morgan fingerprint density at radius 1 is 1.65 bits per heavy atom. The lowest BCUT2D eigenvalue weighted by molar-refractivity contribution is -0.118. The van der Waals surface area contributed by atoms with Gasteiger partial charge in [-0.15, -0.1) is 11.3 Å². The summed E-state index contributed by atoms with van der Waals surface area (Å²) in [6, 6.07) is 3.98. The summed E-state index contributed by atoms with van der Waals surface area (Å²) >= 11 is 1.45. The number of rotatable bonds is 4. The average molecular weight is 291 g/mol. The Hall–Kier alpha value is -1.66. The summed E-state index contributed by atoms with van der Waals surface area (Å²) in [6.07, 6.45) is 4.48. The van der Waals surface area contributed by atoms with Gasteiger partial charge in [-0.1, -0.05) is 0 Å². The first-order valence-electron chi connectivity index (χ1n) is 6.71. The van der Waals surface area contributed by atoms with Gasteiger partial charge in [-0.25, -0.2) is 4.98 Å². The van der Waals surface area contributed by atoms with Crippen molar-refractivity contribution in [1.29, 1.82) is 0 Å². The second kappa shape index (κ2) is 5.76. The zero-order valence-electron chi connectivity index (χ0n) is 11.3. The van der Waals surface area contributed by atoms with Crippen LogP contribution in [-0.2, 0) is 16.6 Å². The van der Waals surface area contributed by atoms with Gasteiger partial charge in [0.05, 0.1) is 23.9 Å². The van der Waals surface area contributed by atoms with Crippen molar-refractivity contribution < 1.29 is 9.53 Å². The Morgan fingerprint density at radius 3 is 3.25 bits per heavy atom. The number of aryl methyl sites for hydroxylation is 1. The van der Waals surface area contributed by atoms with Gasteiger partial charge in [-0.2, -0.15) is 0 Å². The molecule has 2 aromatic heterocycles. The fraction of sp³-hybridized carbons (Fsp3) is 0.429. The Morgan fingerprint density at radius 2 is 2.55 bits per heavy atom. The number of carbonyl (C=O) groups is 1. The van der Waals surface area contributed by atoms with Crippen LogP contribution in [-0.4, -0.2) is 28.2 Å². The third-order valence-electron chi connectivity index (χ3n) is 3.39. The average Bonchev–Trinajstić information content (AvgIpc) is 3.11. The number of nitrogens with one attached hydrogen (secondary N) is 1. The van der Waals surface area contributed by atoms with E-state index in [9.17, 15) is 4.79 Å². The highest BCUT2D eigenvalue weighted by Crippen LogP contribution is 2.25. The summed E-state index contributed by atoms with van der Waals surface area (Å²) in [5.74, 6) is -0.0234. The molecule has 106 valence electrons. The van der Waals surface area contributed by atoms with Crippen LogP contribution in [0.25, 0.3) is 11.4 Å². The summed E-state index contributed by atoms with van der Waals surface area (Å²) in [7, 11) is 1.98. The molecule has 3 heterocycles. The molecule has 3 rings (SSSR count). The zero-order valence-corrected chi connectivity index (χ0v) is 12.2. The van der Waals surface area contributed by atoms with E-state index in [1.165, 1.54) is 11.3 Å². The maximum Gasteiger partial charge on any atom is 0.228 e. The molecule has 0 bridgehead atoms.